The molecule has 6 heteroatoms. The number of aliphatic imine (C=N–C) groups is 1. The van der Waals surface area contributed by atoms with Crippen LogP contribution in [0.15, 0.2) is 53.3 Å². The molecule has 2 aliphatic rings. The van der Waals surface area contributed by atoms with Crippen LogP contribution in [0.5, 0.6) is 17.2 Å². The highest BCUT2D eigenvalue weighted by molar-refractivity contribution is 6.33. The number of rotatable bonds is 5. The van der Waals surface area contributed by atoms with Crippen molar-refractivity contribution in [2.75, 3.05) is 19.2 Å². The minimum absolute atomic E-state index is 0.210. The van der Waals surface area contributed by atoms with Gasteiger partial charge in [0.25, 0.3) is 0 Å². The van der Waals surface area contributed by atoms with Gasteiger partial charge >= 0.3 is 0 Å². The Kier molecular flexibility index (Phi) is 4.71. The van der Waals surface area contributed by atoms with Crippen LogP contribution in [-0.4, -0.2) is 20.1 Å². The molecule has 1 N–H and O–H groups in total. The minimum Gasteiger partial charge on any atom is -0.497 e. The van der Waals surface area contributed by atoms with Gasteiger partial charge < -0.3 is 19.5 Å². The second kappa shape index (κ2) is 7.30. The van der Waals surface area contributed by atoms with Crippen molar-refractivity contribution < 1.29 is 14.2 Å². The van der Waals surface area contributed by atoms with Crippen molar-refractivity contribution in [1.82, 2.24) is 0 Å². The molecule has 0 saturated carbocycles. The Morgan fingerprint density at radius 1 is 1.19 bits per heavy atom. The number of nitrogens with one attached hydrogen (secondary N) is 1. The van der Waals surface area contributed by atoms with Crippen molar-refractivity contribution in [3.05, 3.63) is 58.9 Å². The zero-order valence-corrected chi connectivity index (χ0v) is 15.1. The van der Waals surface area contributed by atoms with Crippen molar-refractivity contribution in [3.8, 4) is 17.2 Å². The van der Waals surface area contributed by atoms with Crippen LogP contribution in [0.25, 0.3) is 0 Å². The number of benzene rings is 2. The fraction of sp³-hybridized carbons (Fsp3) is 0.250. The molecule has 1 unspecified atom stereocenters. The highest BCUT2D eigenvalue weighted by Crippen LogP contribution is 2.44. The lowest BCUT2D eigenvalue weighted by atomic mass is 9.94. The van der Waals surface area contributed by atoms with E-state index in [0.29, 0.717) is 22.4 Å². The van der Waals surface area contributed by atoms with Crippen molar-refractivity contribution in [3.63, 3.8) is 0 Å². The molecule has 0 fully saturated rings. The summed E-state index contributed by atoms with van der Waals surface area (Å²) in [6.07, 6.45) is 5.57. The van der Waals surface area contributed by atoms with Crippen LogP contribution >= 0.6 is 11.6 Å². The molecule has 1 atom stereocenters. The zero-order valence-electron chi connectivity index (χ0n) is 14.4. The lowest BCUT2D eigenvalue weighted by molar-refractivity contribution is 0.174. The lowest BCUT2D eigenvalue weighted by Crippen LogP contribution is -2.14. The maximum atomic E-state index is 6.35. The molecule has 2 aromatic rings. The molecular formula is C20H19ClN2O3. The van der Waals surface area contributed by atoms with Crippen LogP contribution in [0.2, 0.25) is 5.02 Å². The summed E-state index contributed by atoms with van der Waals surface area (Å²) in [5.41, 5.74) is 2.98. The van der Waals surface area contributed by atoms with Gasteiger partial charge in [0.05, 0.1) is 12.1 Å². The number of ether oxygens (including phenoxy) is 3. The maximum absolute atomic E-state index is 6.35. The molecule has 0 amide bonds. The Morgan fingerprint density at radius 2 is 2.04 bits per heavy atom. The molecular weight excluding hydrogens is 352 g/mol. The van der Waals surface area contributed by atoms with Gasteiger partial charge in [-0.05, 0) is 42.7 Å². The van der Waals surface area contributed by atoms with E-state index in [0.717, 1.165) is 30.0 Å². The van der Waals surface area contributed by atoms with Crippen molar-refractivity contribution >= 4 is 23.5 Å². The highest BCUT2D eigenvalue weighted by atomic mass is 35.5. The lowest BCUT2D eigenvalue weighted by Gasteiger charge is -2.20. The number of halogens is 1. The number of fused-ring (bicyclic) bond motifs is 1. The van der Waals surface area contributed by atoms with E-state index in [4.69, 9.17) is 25.8 Å². The highest BCUT2D eigenvalue weighted by Gasteiger charge is 2.22. The Labute approximate surface area is 157 Å². The fourth-order valence-corrected chi connectivity index (χ4v) is 3.34. The van der Waals surface area contributed by atoms with Crippen molar-refractivity contribution in [2.24, 2.45) is 10.9 Å². The van der Waals surface area contributed by atoms with Crippen LogP contribution in [0.1, 0.15) is 12.0 Å². The number of hydrogen-bond donors (Lipinski definition) is 1. The summed E-state index contributed by atoms with van der Waals surface area (Å²) in [4.78, 5) is 4.40. The largest absolute Gasteiger partial charge is 0.497 e. The maximum Gasteiger partial charge on any atom is 0.231 e. The van der Waals surface area contributed by atoms with E-state index in [2.05, 4.69) is 22.4 Å². The van der Waals surface area contributed by atoms with Crippen LogP contribution in [0.4, 0.5) is 5.69 Å². The third kappa shape index (κ3) is 3.48. The molecule has 0 saturated heterocycles. The standard InChI is InChI=1S/C20H19ClN2O3/c1-24-16-4-2-13(3-5-16)8-14-9-15(11-22-10-14)23-19-17(21)6-7-18-20(19)26-12-25-18/h2-7,10-11,14,23H,8-9,12H2,1H3. The first-order chi connectivity index (χ1) is 12.7. The molecule has 0 aromatic heterocycles. The summed E-state index contributed by atoms with van der Waals surface area (Å²) in [6.45, 7) is 0.210. The first-order valence-corrected chi connectivity index (χ1v) is 8.81. The monoisotopic (exact) mass is 370 g/mol. The Balaban J connectivity index is 1.45. The SMILES string of the molecule is COc1ccc(CC2C=NC=C(Nc3c(Cl)ccc4c3OCO4)C2)cc1. The van der Waals surface area contributed by atoms with Crippen molar-refractivity contribution in [1.29, 1.82) is 0 Å². The van der Waals surface area contributed by atoms with Gasteiger partial charge in [-0.1, -0.05) is 23.7 Å². The van der Waals surface area contributed by atoms with Crippen molar-refractivity contribution in [2.45, 2.75) is 12.8 Å². The third-order valence-electron chi connectivity index (χ3n) is 4.44. The van der Waals surface area contributed by atoms with Gasteiger partial charge in [-0.25, -0.2) is 0 Å². The molecule has 2 aliphatic heterocycles. The summed E-state index contributed by atoms with van der Waals surface area (Å²) < 4.78 is 16.2. The Morgan fingerprint density at radius 3 is 2.85 bits per heavy atom. The average molecular weight is 371 g/mol. The van der Waals surface area contributed by atoms with Crippen LogP contribution in [0, 0.1) is 5.92 Å². The molecule has 0 spiro atoms. The molecule has 0 bridgehead atoms. The molecule has 134 valence electrons. The predicted octanol–water partition coefficient (Wildman–Crippen LogP) is 4.66. The quantitative estimate of drug-likeness (QED) is 0.831. The van der Waals surface area contributed by atoms with E-state index < -0.39 is 0 Å². The van der Waals surface area contributed by atoms with Gasteiger partial charge in [-0.3, -0.25) is 4.99 Å². The number of anilines is 1. The summed E-state index contributed by atoms with van der Waals surface area (Å²) in [7, 11) is 1.67. The second-order valence-electron chi connectivity index (χ2n) is 6.25. The third-order valence-corrected chi connectivity index (χ3v) is 4.76. The molecule has 0 aliphatic carbocycles. The van der Waals surface area contributed by atoms with Gasteiger partial charge in [0.2, 0.25) is 6.79 Å². The van der Waals surface area contributed by atoms with Gasteiger partial charge in [0, 0.05) is 24.0 Å². The molecule has 2 heterocycles. The predicted molar refractivity (Wildman–Crippen MR) is 103 cm³/mol. The average Bonchev–Trinajstić information content (AvgIpc) is 3.14. The minimum atomic E-state index is 0.210. The number of methoxy groups -OCH3 is 1. The molecule has 2 aromatic carbocycles. The topological polar surface area (TPSA) is 52.1 Å². The van der Waals surface area contributed by atoms with E-state index in [1.54, 1.807) is 13.2 Å². The first-order valence-electron chi connectivity index (χ1n) is 8.43. The zero-order chi connectivity index (χ0) is 17.9. The number of hydrogen-bond acceptors (Lipinski definition) is 5. The van der Waals surface area contributed by atoms with Crippen LogP contribution < -0.4 is 19.5 Å². The second-order valence-corrected chi connectivity index (χ2v) is 6.66. The summed E-state index contributed by atoms with van der Waals surface area (Å²) in [5.74, 6) is 2.53. The van der Waals surface area contributed by atoms with E-state index in [9.17, 15) is 0 Å². The summed E-state index contributed by atoms with van der Waals surface area (Å²) in [6, 6.07) is 11.8. The van der Waals surface area contributed by atoms with E-state index in [1.807, 2.05) is 30.6 Å². The Hall–Kier alpha value is -2.66. The smallest absolute Gasteiger partial charge is 0.231 e. The van der Waals surface area contributed by atoms with E-state index >= 15 is 0 Å². The molecule has 5 nitrogen and oxygen atoms in total. The molecule has 26 heavy (non-hydrogen) atoms. The number of allylic oxidation sites excluding steroid dienone is 1. The Bertz CT molecular complexity index is 862. The molecule has 0 radical (unpaired) electrons. The van der Waals surface area contributed by atoms with E-state index in [1.165, 1.54) is 5.56 Å². The summed E-state index contributed by atoms with van der Waals surface area (Å²) >= 11 is 6.35. The van der Waals surface area contributed by atoms with Gasteiger partial charge in [-0.15, -0.1) is 0 Å². The normalized spacial score (nSPS) is 17.8. The first kappa shape index (κ1) is 16.8. The fourth-order valence-electron chi connectivity index (χ4n) is 3.14. The summed E-state index contributed by atoms with van der Waals surface area (Å²) in [5, 5.41) is 3.97. The van der Waals surface area contributed by atoms with Gasteiger partial charge in [0.1, 0.15) is 11.4 Å². The molecule has 4 rings (SSSR count). The van der Waals surface area contributed by atoms with Crippen LogP contribution in [0.3, 0.4) is 0 Å². The van der Waals surface area contributed by atoms with Gasteiger partial charge in [-0.2, -0.15) is 0 Å². The van der Waals surface area contributed by atoms with E-state index in [-0.39, 0.29) is 6.79 Å². The van der Waals surface area contributed by atoms with Gasteiger partial charge in [0.15, 0.2) is 11.5 Å². The number of nitrogens with zero attached hydrogens (tertiary/aromatic N) is 1. The van der Waals surface area contributed by atoms with Crippen LogP contribution in [-0.2, 0) is 6.42 Å².